The second kappa shape index (κ2) is 10.6. The zero-order valence-corrected chi connectivity index (χ0v) is 18.6. The minimum atomic E-state index is -0.250. The Bertz CT molecular complexity index is 1290. The number of H-pyrrole nitrogens is 1. The molecule has 1 fully saturated rings. The molecule has 1 amide bonds. The number of rotatable bonds is 6. The number of nitrogens with one attached hydrogen (secondary N) is 2. The summed E-state index contributed by atoms with van der Waals surface area (Å²) in [7, 11) is 0. The standard InChI is InChI=1S/C22H23N7O2.CH2O2/c1-2-23-22(30)17-10-18(15-7-3-4-8-16(15)28-17)31-11-14-6-5-9-29(14)21-19-20(25-12-24-19)26-13-27-21;2-1-3/h3-4,7-8,10,12-14H,2,5-6,9,11H2,1H3,(H,23,30)(H,24,25,26,27);1H,(H,2,3)/t14-;/m1./s1. The van der Waals surface area contributed by atoms with Crippen LogP contribution in [0.5, 0.6) is 5.75 Å². The highest BCUT2D eigenvalue weighted by Gasteiger charge is 2.29. The van der Waals surface area contributed by atoms with Crippen LogP contribution in [0, 0.1) is 0 Å². The van der Waals surface area contributed by atoms with Crippen LogP contribution in [0.4, 0.5) is 5.82 Å². The van der Waals surface area contributed by atoms with E-state index < -0.39 is 0 Å². The molecule has 0 aliphatic carbocycles. The molecule has 1 saturated heterocycles. The van der Waals surface area contributed by atoms with Crippen LogP contribution in [-0.2, 0) is 4.79 Å². The molecule has 0 spiro atoms. The number of carboxylic acid groups (broad SMARTS) is 1. The van der Waals surface area contributed by atoms with Crippen LogP contribution in [0.2, 0.25) is 0 Å². The van der Waals surface area contributed by atoms with Crippen LogP contribution in [-0.4, -0.2) is 68.1 Å². The van der Waals surface area contributed by atoms with Crippen molar-refractivity contribution in [1.82, 2.24) is 30.2 Å². The predicted molar refractivity (Wildman–Crippen MR) is 126 cm³/mol. The first-order valence-corrected chi connectivity index (χ1v) is 11.0. The third-order valence-electron chi connectivity index (χ3n) is 5.53. The summed E-state index contributed by atoms with van der Waals surface area (Å²) in [5.74, 6) is 1.27. The number of fused-ring (bicyclic) bond motifs is 2. The number of ether oxygens (including phenoxy) is 1. The molecule has 0 bridgehead atoms. The van der Waals surface area contributed by atoms with E-state index >= 15 is 0 Å². The molecular formula is C23H25N7O4. The fraction of sp³-hybridized carbons (Fsp3) is 0.304. The number of aromatic amines is 1. The Morgan fingerprint density at radius 2 is 2.15 bits per heavy atom. The highest BCUT2D eigenvalue weighted by atomic mass is 16.5. The lowest BCUT2D eigenvalue weighted by atomic mass is 10.1. The molecule has 0 saturated carbocycles. The van der Waals surface area contributed by atoms with E-state index in [0.717, 1.165) is 47.3 Å². The third-order valence-corrected chi connectivity index (χ3v) is 5.53. The minimum absolute atomic E-state index is 0.148. The van der Waals surface area contributed by atoms with Gasteiger partial charge in [-0.3, -0.25) is 9.59 Å². The van der Waals surface area contributed by atoms with Crippen molar-refractivity contribution >= 4 is 40.3 Å². The van der Waals surface area contributed by atoms with Gasteiger partial charge in [-0.05, 0) is 31.9 Å². The number of hydrogen-bond donors (Lipinski definition) is 3. The summed E-state index contributed by atoms with van der Waals surface area (Å²) < 4.78 is 6.28. The number of pyridine rings is 1. The summed E-state index contributed by atoms with van der Waals surface area (Å²) in [5, 5.41) is 10.6. The van der Waals surface area contributed by atoms with E-state index in [4.69, 9.17) is 14.6 Å². The lowest BCUT2D eigenvalue weighted by molar-refractivity contribution is -0.122. The molecule has 4 aromatic rings. The molecule has 4 heterocycles. The zero-order valence-electron chi connectivity index (χ0n) is 18.6. The lowest BCUT2D eigenvalue weighted by Crippen LogP contribution is -2.35. The van der Waals surface area contributed by atoms with Crippen LogP contribution < -0.4 is 15.0 Å². The van der Waals surface area contributed by atoms with E-state index in [-0.39, 0.29) is 18.4 Å². The fourth-order valence-electron chi connectivity index (χ4n) is 4.07. The molecule has 11 heteroatoms. The van der Waals surface area contributed by atoms with Gasteiger partial charge in [0.15, 0.2) is 11.5 Å². The summed E-state index contributed by atoms with van der Waals surface area (Å²) in [6.45, 7) is 3.53. The van der Waals surface area contributed by atoms with Crippen molar-refractivity contribution in [1.29, 1.82) is 0 Å². The molecule has 1 atom stereocenters. The number of anilines is 1. The Morgan fingerprint density at radius 1 is 1.32 bits per heavy atom. The first-order valence-electron chi connectivity index (χ1n) is 11.0. The molecular weight excluding hydrogens is 438 g/mol. The molecule has 11 nitrogen and oxygen atoms in total. The van der Waals surface area contributed by atoms with E-state index in [9.17, 15) is 4.79 Å². The average Bonchev–Trinajstić information content (AvgIpc) is 3.52. The Labute approximate surface area is 195 Å². The van der Waals surface area contributed by atoms with Crippen LogP contribution in [0.25, 0.3) is 22.1 Å². The molecule has 3 aromatic heterocycles. The maximum absolute atomic E-state index is 12.4. The second-order valence-electron chi connectivity index (χ2n) is 7.59. The van der Waals surface area contributed by atoms with Crippen molar-refractivity contribution in [3.05, 3.63) is 48.7 Å². The first-order chi connectivity index (χ1) is 16.7. The molecule has 0 radical (unpaired) electrons. The molecule has 176 valence electrons. The van der Waals surface area contributed by atoms with Gasteiger partial charge in [0.1, 0.15) is 29.9 Å². The zero-order chi connectivity index (χ0) is 23.9. The van der Waals surface area contributed by atoms with Gasteiger partial charge >= 0.3 is 0 Å². The SMILES string of the molecule is CCNC(=O)c1cc(OC[C@H]2CCCN2c2ncnc3[nH]cnc23)c2ccccc2n1.O=CO. The van der Waals surface area contributed by atoms with E-state index in [2.05, 4.69) is 35.1 Å². The number of para-hydroxylation sites is 1. The van der Waals surface area contributed by atoms with Crippen LogP contribution in [0.3, 0.4) is 0 Å². The number of amides is 1. The smallest absolute Gasteiger partial charge is 0.290 e. The average molecular weight is 463 g/mol. The van der Waals surface area contributed by atoms with Crippen molar-refractivity contribution < 1.29 is 19.4 Å². The molecule has 0 unspecified atom stereocenters. The number of aromatic nitrogens is 5. The fourth-order valence-corrected chi connectivity index (χ4v) is 4.07. The summed E-state index contributed by atoms with van der Waals surface area (Å²) in [6, 6.07) is 9.58. The van der Waals surface area contributed by atoms with E-state index in [1.807, 2.05) is 31.2 Å². The number of nitrogens with zero attached hydrogens (tertiary/aromatic N) is 5. The van der Waals surface area contributed by atoms with Crippen molar-refractivity contribution in [3.63, 3.8) is 0 Å². The van der Waals surface area contributed by atoms with Gasteiger partial charge in [-0.1, -0.05) is 12.1 Å². The van der Waals surface area contributed by atoms with E-state index in [1.165, 1.54) is 0 Å². The van der Waals surface area contributed by atoms with Gasteiger partial charge in [0.05, 0.1) is 17.9 Å². The third kappa shape index (κ3) is 4.72. The van der Waals surface area contributed by atoms with Crippen LogP contribution in [0.15, 0.2) is 43.0 Å². The first kappa shape index (κ1) is 22.9. The molecule has 5 rings (SSSR count). The van der Waals surface area contributed by atoms with Gasteiger partial charge in [0, 0.05) is 24.5 Å². The molecule has 3 N–H and O–H groups in total. The number of hydrogen-bond acceptors (Lipinski definition) is 8. The van der Waals surface area contributed by atoms with Gasteiger partial charge in [0.25, 0.3) is 12.4 Å². The maximum Gasteiger partial charge on any atom is 0.290 e. The van der Waals surface area contributed by atoms with Crippen LogP contribution in [0.1, 0.15) is 30.3 Å². The maximum atomic E-state index is 12.4. The summed E-state index contributed by atoms with van der Waals surface area (Å²) in [5.41, 5.74) is 2.58. The summed E-state index contributed by atoms with van der Waals surface area (Å²) >= 11 is 0. The quantitative estimate of drug-likeness (QED) is 0.367. The van der Waals surface area contributed by atoms with Gasteiger partial charge in [-0.15, -0.1) is 0 Å². The van der Waals surface area contributed by atoms with Crippen molar-refractivity contribution in [2.24, 2.45) is 0 Å². The number of carbonyl (C=O) groups excluding carboxylic acids is 1. The van der Waals surface area contributed by atoms with Gasteiger partial charge in [-0.25, -0.2) is 19.9 Å². The van der Waals surface area contributed by atoms with Crippen molar-refractivity contribution in [2.75, 3.05) is 24.6 Å². The van der Waals surface area contributed by atoms with Crippen molar-refractivity contribution in [3.8, 4) is 5.75 Å². The predicted octanol–water partition coefficient (Wildman–Crippen LogP) is 2.40. The highest BCUT2D eigenvalue weighted by molar-refractivity contribution is 5.97. The van der Waals surface area contributed by atoms with E-state index in [1.54, 1.807) is 18.7 Å². The molecule has 1 aliphatic heterocycles. The summed E-state index contributed by atoms with van der Waals surface area (Å²) in [6.07, 6.45) is 5.23. The topological polar surface area (TPSA) is 146 Å². The normalized spacial score (nSPS) is 15.1. The van der Waals surface area contributed by atoms with Gasteiger partial charge in [-0.2, -0.15) is 0 Å². The molecule has 1 aliphatic rings. The van der Waals surface area contributed by atoms with Crippen LogP contribution >= 0.6 is 0 Å². The molecule has 1 aromatic carbocycles. The largest absolute Gasteiger partial charge is 0.491 e. The van der Waals surface area contributed by atoms with Crippen molar-refractivity contribution in [2.45, 2.75) is 25.8 Å². The Balaban J connectivity index is 0.000000868. The second-order valence-corrected chi connectivity index (χ2v) is 7.59. The number of carbonyl (C=O) groups is 2. The van der Waals surface area contributed by atoms with E-state index in [0.29, 0.717) is 24.6 Å². The summed E-state index contributed by atoms with van der Waals surface area (Å²) in [4.78, 5) is 43.6. The Hall–Kier alpha value is -4.28. The van der Waals surface area contributed by atoms with Gasteiger partial charge in [0.2, 0.25) is 0 Å². The minimum Gasteiger partial charge on any atom is -0.491 e. The number of imidazole rings is 1. The monoisotopic (exact) mass is 463 g/mol. The molecule has 34 heavy (non-hydrogen) atoms. The Kier molecular flexibility index (Phi) is 7.11. The number of benzene rings is 1. The lowest BCUT2D eigenvalue weighted by Gasteiger charge is -2.26. The Morgan fingerprint density at radius 3 is 2.97 bits per heavy atom. The highest BCUT2D eigenvalue weighted by Crippen LogP contribution is 2.30. The van der Waals surface area contributed by atoms with Gasteiger partial charge < -0.3 is 25.0 Å².